The van der Waals surface area contributed by atoms with E-state index in [9.17, 15) is 9.59 Å². The van der Waals surface area contributed by atoms with E-state index in [0.717, 1.165) is 19.3 Å². The van der Waals surface area contributed by atoms with E-state index in [1.165, 1.54) is 6.42 Å². The molecule has 0 aromatic heterocycles. The summed E-state index contributed by atoms with van der Waals surface area (Å²) in [6.07, 6.45) is 4.47. The van der Waals surface area contributed by atoms with E-state index in [1.807, 2.05) is 0 Å². The van der Waals surface area contributed by atoms with Crippen molar-refractivity contribution in [3.8, 4) is 5.75 Å². The Morgan fingerprint density at radius 2 is 2.19 bits per heavy atom. The molecule has 1 aliphatic rings. The second-order valence-corrected chi connectivity index (χ2v) is 5.72. The van der Waals surface area contributed by atoms with Crippen LogP contribution in [0, 0.1) is 5.92 Å². The molecule has 0 saturated heterocycles. The quantitative estimate of drug-likeness (QED) is 0.868. The Kier molecular flexibility index (Phi) is 5.20. The standard InChI is InChI=1S/C16H22N2O3/c1-11-4-2-6-13(8-11)18-16(20)12-5-3-7-14(9-12)21-10-15(17)19/h3,5,7,9,11,13H,2,4,6,8,10H2,1H3,(H2,17,19)(H,18,20). The summed E-state index contributed by atoms with van der Waals surface area (Å²) in [6, 6.07) is 7.04. The summed E-state index contributed by atoms with van der Waals surface area (Å²) >= 11 is 0. The van der Waals surface area contributed by atoms with Crippen molar-refractivity contribution in [3.05, 3.63) is 29.8 Å². The molecule has 114 valence electrons. The van der Waals surface area contributed by atoms with Gasteiger partial charge in [-0.3, -0.25) is 9.59 Å². The van der Waals surface area contributed by atoms with Crippen molar-refractivity contribution < 1.29 is 14.3 Å². The molecule has 0 spiro atoms. The molecule has 1 aliphatic carbocycles. The zero-order valence-electron chi connectivity index (χ0n) is 12.3. The van der Waals surface area contributed by atoms with Gasteiger partial charge >= 0.3 is 0 Å². The Balaban J connectivity index is 1.95. The first-order valence-electron chi connectivity index (χ1n) is 7.36. The highest BCUT2D eigenvalue weighted by Crippen LogP contribution is 2.24. The molecule has 2 atom stereocenters. The van der Waals surface area contributed by atoms with Crippen LogP contribution < -0.4 is 15.8 Å². The van der Waals surface area contributed by atoms with Gasteiger partial charge in [0, 0.05) is 11.6 Å². The predicted molar refractivity (Wildman–Crippen MR) is 80.0 cm³/mol. The fourth-order valence-corrected chi connectivity index (χ4v) is 2.72. The van der Waals surface area contributed by atoms with Crippen molar-refractivity contribution >= 4 is 11.8 Å². The molecule has 1 fully saturated rings. The molecule has 21 heavy (non-hydrogen) atoms. The van der Waals surface area contributed by atoms with Crippen molar-refractivity contribution in [1.29, 1.82) is 0 Å². The van der Waals surface area contributed by atoms with Gasteiger partial charge in [-0.1, -0.05) is 25.8 Å². The van der Waals surface area contributed by atoms with E-state index in [-0.39, 0.29) is 18.6 Å². The van der Waals surface area contributed by atoms with E-state index in [4.69, 9.17) is 10.5 Å². The molecule has 0 bridgehead atoms. The molecule has 0 heterocycles. The molecule has 1 saturated carbocycles. The predicted octanol–water partition coefficient (Wildman–Crippen LogP) is 1.86. The van der Waals surface area contributed by atoms with E-state index in [2.05, 4.69) is 12.2 Å². The average molecular weight is 290 g/mol. The molecule has 0 aliphatic heterocycles. The lowest BCUT2D eigenvalue weighted by Gasteiger charge is -2.27. The summed E-state index contributed by atoms with van der Waals surface area (Å²) in [5.41, 5.74) is 5.57. The fourth-order valence-electron chi connectivity index (χ4n) is 2.72. The molecule has 2 amide bonds. The lowest BCUT2D eigenvalue weighted by molar-refractivity contribution is -0.119. The minimum absolute atomic E-state index is 0.0985. The SMILES string of the molecule is CC1CCCC(NC(=O)c2cccc(OCC(N)=O)c2)C1. The first-order valence-corrected chi connectivity index (χ1v) is 7.36. The van der Waals surface area contributed by atoms with Gasteiger partial charge in [0.1, 0.15) is 5.75 Å². The van der Waals surface area contributed by atoms with Crippen LogP contribution in [-0.2, 0) is 4.79 Å². The Morgan fingerprint density at radius 3 is 2.90 bits per heavy atom. The summed E-state index contributed by atoms with van der Waals surface area (Å²) in [6.45, 7) is 2.03. The van der Waals surface area contributed by atoms with Crippen LogP contribution in [-0.4, -0.2) is 24.5 Å². The molecular formula is C16H22N2O3. The molecule has 3 N–H and O–H groups in total. The first-order chi connectivity index (χ1) is 10.0. The number of hydrogen-bond donors (Lipinski definition) is 2. The van der Waals surface area contributed by atoms with Crippen molar-refractivity contribution in [3.63, 3.8) is 0 Å². The number of ether oxygens (including phenoxy) is 1. The van der Waals surface area contributed by atoms with Crippen molar-refractivity contribution in [2.45, 2.75) is 38.6 Å². The van der Waals surface area contributed by atoms with Gasteiger partial charge in [0.2, 0.25) is 0 Å². The van der Waals surface area contributed by atoms with Crippen LogP contribution in [0.15, 0.2) is 24.3 Å². The zero-order valence-corrected chi connectivity index (χ0v) is 12.3. The lowest BCUT2D eigenvalue weighted by Crippen LogP contribution is -2.37. The third-order valence-corrected chi connectivity index (χ3v) is 3.75. The summed E-state index contributed by atoms with van der Waals surface area (Å²) < 4.78 is 5.21. The Labute approximate surface area is 124 Å². The molecule has 5 heteroatoms. The molecule has 2 unspecified atom stereocenters. The van der Waals surface area contributed by atoms with Crippen molar-refractivity contribution in [2.75, 3.05) is 6.61 Å². The fraction of sp³-hybridized carbons (Fsp3) is 0.500. The van der Waals surface area contributed by atoms with Gasteiger partial charge in [-0.2, -0.15) is 0 Å². The molecule has 1 aromatic rings. The summed E-state index contributed by atoms with van der Waals surface area (Å²) in [4.78, 5) is 23.0. The smallest absolute Gasteiger partial charge is 0.255 e. The number of nitrogens with one attached hydrogen (secondary N) is 1. The molecule has 0 radical (unpaired) electrons. The number of amides is 2. The molecular weight excluding hydrogens is 268 g/mol. The third kappa shape index (κ3) is 4.77. The highest BCUT2D eigenvalue weighted by Gasteiger charge is 2.21. The maximum absolute atomic E-state index is 12.3. The topological polar surface area (TPSA) is 81.4 Å². The highest BCUT2D eigenvalue weighted by atomic mass is 16.5. The van der Waals surface area contributed by atoms with Crippen molar-refractivity contribution in [1.82, 2.24) is 5.32 Å². The number of benzene rings is 1. The van der Waals surface area contributed by atoms with E-state index >= 15 is 0 Å². The molecule has 5 nitrogen and oxygen atoms in total. The summed E-state index contributed by atoms with van der Waals surface area (Å²) in [5.74, 6) is 0.493. The zero-order chi connectivity index (χ0) is 15.2. The monoisotopic (exact) mass is 290 g/mol. The highest BCUT2D eigenvalue weighted by molar-refractivity contribution is 5.94. The average Bonchev–Trinajstić information content (AvgIpc) is 2.45. The van der Waals surface area contributed by atoms with Gasteiger partial charge < -0.3 is 15.8 Å². The van der Waals surface area contributed by atoms with Crippen LogP contribution in [0.3, 0.4) is 0 Å². The number of rotatable bonds is 5. The number of carbonyl (C=O) groups is 2. The second kappa shape index (κ2) is 7.11. The van der Waals surface area contributed by atoms with Crippen LogP contribution in [0.5, 0.6) is 5.75 Å². The van der Waals surface area contributed by atoms with Gasteiger partial charge in [-0.15, -0.1) is 0 Å². The minimum Gasteiger partial charge on any atom is -0.484 e. The number of carbonyl (C=O) groups excluding carboxylic acids is 2. The van der Waals surface area contributed by atoms with Gasteiger partial charge in [-0.05, 0) is 37.0 Å². The van der Waals surface area contributed by atoms with Crippen LogP contribution in [0.2, 0.25) is 0 Å². The largest absolute Gasteiger partial charge is 0.484 e. The van der Waals surface area contributed by atoms with Gasteiger partial charge in [0.15, 0.2) is 6.61 Å². The second-order valence-electron chi connectivity index (χ2n) is 5.72. The maximum atomic E-state index is 12.3. The maximum Gasteiger partial charge on any atom is 0.255 e. The van der Waals surface area contributed by atoms with Crippen LogP contribution in [0.25, 0.3) is 0 Å². The van der Waals surface area contributed by atoms with Crippen LogP contribution >= 0.6 is 0 Å². The summed E-state index contributed by atoms with van der Waals surface area (Å²) in [5, 5.41) is 3.07. The van der Waals surface area contributed by atoms with Crippen LogP contribution in [0.4, 0.5) is 0 Å². The molecule has 1 aromatic carbocycles. The number of nitrogens with two attached hydrogens (primary N) is 1. The Bertz CT molecular complexity index is 516. The normalized spacial score (nSPS) is 21.6. The number of primary amides is 1. The van der Waals surface area contributed by atoms with Gasteiger partial charge in [0.25, 0.3) is 11.8 Å². The Morgan fingerprint density at radius 1 is 1.38 bits per heavy atom. The van der Waals surface area contributed by atoms with E-state index in [0.29, 0.717) is 17.2 Å². The van der Waals surface area contributed by atoms with Crippen LogP contribution in [0.1, 0.15) is 43.0 Å². The summed E-state index contributed by atoms with van der Waals surface area (Å²) in [7, 11) is 0. The minimum atomic E-state index is -0.541. The van der Waals surface area contributed by atoms with Gasteiger partial charge in [0.05, 0.1) is 0 Å². The van der Waals surface area contributed by atoms with E-state index < -0.39 is 5.91 Å². The first kappa shape index (κ1) is 15.4. The lowest BCUT2D eigenvalue weighted by atomic mass is 9.87. The Hall–Kier alpha value is -2.04. The van der Waals surface area contributed by atoms with E-state index in [1.54, 1.807) is 24.3 Å². The number of hydrogen-bond acceptors (Lipinski definition) is 3. The van der Waals surface area contributed by atoms with Crippen molar-refractivity contribution in [2.24, 2.45) is 11.7 Å². The molecule has 2 rings (SSSR count). The third-order valence-electron chi connectivity index (χ3n) is 3.75. The van der Waals surface area contributed by atoms with Gasteiger partial charge in [-0.25, -0.2) is 0 Å².